The first-order chi connectivity index (χ1) is 27.5. The van der Waals surface area contributed by atoms with Crippen LogP contribution in [0.3, 0.4) is 0 Å². The fourth-order valence-electron chi connectivity index (χ4n) is 6.10. The van der Waals surface area contributed by atoms with Gasteiger partial charge in [-0.1, -0.05) is 86.6 Å². The summed E-state index contributed by atoms with van der Waals surface area (Å²) in [4.78, 5) is 9.10. The molecule has 10 heteroatoms. The summed E-state index contributed by atoms with van der Waals surface area (Å²) < 4.78 is 6.97. The van der Waals surface area contributed by atoms with Crippen LogP contribution in [0.15, 0.2) is 109 Å². The van der Waals surface area contributed by atoms with Crippen LogP contribution >= 0.6 is 0 Å². The molecule has 3 aliphatic heterocycles. The largest absolute Gasteiger partial charge is 0.388 e. The zero-order chi connectivity index (χ0) is 41.7. The Bertz CT molecular complexity index is 1650. The summed E-state index contributed by atoms with van der Waals surface area (Å²) in [6.45, 7) is 13.3. The third kappa shape index (κ3) is 25.0. The lowest BCUT2D eigenvalue weighted by Gasteiger charge is -2.21. The van der Waals surface area contributed by atoms with Gasteiger partial charge in [-0.15, -0.1) is 0 Å². The second kappa shape index (κ2) is 33.5. The van der Waals surface area contributed by atoms with Gasteiger partial charge in [0.2, 0.25) is 0 Å². The molecule has 3 saturated heterocycles. The highest BCUT2D eigenvalue weighted by molar-refractivity contribution is 5.93. The van der Waals surface area contributed by atoms with E-state index in [0.29, 0.717) is 0 Å². The van der Waals surface area contributed by atoms with E-state index in [0.717, 1.165) is 37.7 Å². The Balaban J connectivity index is 0. The molecule has 3 aliphatic rings. The fourth-order valence-corrected chi connectivity index (χ4v) is 6.10. The quantitative estimate of drug-likeness (QED) is 0.175. The van der Waals surface area contributed by atoms with Crippen LogP contribution in [-0.4, -0.2) is 135 Å². The summed E-state index contributed by atoms with van der Waals surface area (Å²) in [5.41, 5.74) is 5.89. The third-order valence-corrected chi connectivity index (χ3v) is 9.77. The van der Waals surface area contributed by atoms with Crippen LogP contribution in [0.5, 0.6) is 0 Å². The van der Waals surface area contributed by atoms with E-state index in [2.05, 4.69) is 117 Å². The molecule has 0 aliphatic carbocycles. The molecule has 3 fully saturated rings. The Morgan fingerprint density at radius 3 is 1.41 bits per heavy atom. The standard InChI is InChI=1S/C11H11N.C8H11N.C7H9N.C6H10N2.C6H13N.C5H11NO.C5H11N.CH4.B.H2/c1-12-11-8-4-6-9-5-2-3-7-10(9)11;1-9(2)8-6-4-3-5-7-8;1-8-7-5-3-2-4-6-7;1-5-4-6(2)8(3)7-5;1-7-5-3-2-4-6-7;1-6-2-4-7-5-3-6;1-6-4-2-3-5-6;;;/h2-8,12H,1H3;3-7H,1-2H3;2-6,8H,1H3;4H,1-3H3;2-6H2,1H3;2-5H2,1H3;2-5H2,1H3;1H4;;1H/i;;;;;;;;;1+1. The van der Waals surface area contributed by atoms with Crippen LogP contribution in [0.2, 0.25) is 0 Å². The van der Waals surface area contributed by atoms with Crippen LogP contribution in [0.1, 0.15) is 52.3 Å². The zero-order valence-corrected chi connectivity index (χ0v) is 37.8. The molecule has 0 amide bonds. The average molecular weight is 811 g/mol. The topological polar surface area (TPSA) is 64.1 Å². The first-order valence-corrected chi connectivity index (χ1v) is 20.7. The molecule has 9 nitrogen and oxygen atoms in total. The van der Waals surface area contributed by atoms with E-state index in [1.807, 2.05) is 102 Å². The van der Waals surface area contributed by atoms with Crippen molar-refractivity contribution in [3.63, 3.8) is 0 Å². The van der Waals surface area contributed by atoms with Crippen LogP contribution in [0, 0.1) is 13.8 Å². The van der Waals surface area contributed by atoms with Crippen molar-refractivity contribution in [2.45, 2.75) is 53.4 Å². The van der Waals surface area contributed by atoms with Crippen molar-refractivity contribution in [1.82, 2.24) is 24.5 Å². The second-order valence-electron chi connectivity index (χ2n) is 15.0. The van der Waals surface area contributed by atoms with E-state index >= 15 is 0 Å². The van der Waals surface area contributed by atoms with Gasteiger partial charge in [0.15, 0.2) is 0 Å². The highest BCUT2D eigenvalue weighted by Gasteiger charge is 2.04. The Morgan fingerprint density at radius 2 is 1.07 bits per heavy atom. The summed E-state index contributed by atoms with van der Waals surface area (Å²) in [5, 5.41) is 12.9. The van der Waals surface area contributed by atoms with Gasteiger partial charge in [0, 0.05) is 86.3 Å². The smallest absolute Gasteiger partial charge is 0.0596 e. The number of fused-ring (bicyclic) bond motifs is 1. The number of morpholine rings is 1. The number of hydrogen-bond donors (Lipinski definition) is 2. The van der Waals surface area contributed by atoms with Crippen molar-refractivity contribution in [2.75, 3.05) is 117 Å². The number of anilines is 3. The Labute approximate surface area is 364 Å². The monoisotopic (exact) mass is 811 g/mol. The number of aryl methyl sites for hydroxylation is 3. The lowest BCUT2D eigenvalue weighted by atomic mass is 10.1. The summed E-state index contributed by atoms with van der Waals surface area (Å²) in [6.07, 6.45) is 7.10. The molecular formula is C49H82BN8O. The number of piperidine rings is 1. The van der Waals surface area contributed by atoms with Crippen molar-refractivity contribution in [2.24, 2.45) is 7.05 Å². The predicted octanol–water partition coefficient (Wildman–Crippen LogP) is 9.66. The van der Waals surface area contributed by atoms with Crippen molar-refractivity contribution in [3.05, 3.63) is 121 Å². The number of likely N-dealkylation sites (tertiary alicyclic amines) is 2. The molecule has 2 N–H and O–H groups in total. The van der Waals surface area contributed by atoms with Crippen molar-refractivity contribution in [1.29, 1.82) is 0 Å². The van der Waals surface area contributed by atoms with Gasteiger partial charge >= 0.3 is 0 Å². The van der Waals surface area contributed by atoms with Gasteiger partial charge in [0.25, 0.3) is 0 Å². The first-order valence-electron chi connectivity index (χ1n) is 20.7. The molecule has 4 heterocycles. The lowest BCUT2D eigenvalue weighted by Crippen LogP contribution is -2.32. The Hall–Kier alpha value is -4.35. The normalized spacial score (nSPS) is 14.5. The molecule has 327 valence electrons. The van der Waals surface area contributed by atoms with Gasteiger partial charge in [0.05, 0.1) is 18.9 Å². The molecule has 5 aromatic rings. The summed E-state index contributed by atoms with van der Waals surface area (Å²) >= 11 is 0. The van der Waals surface area contributed by atoms with E-state index in [1.165, 1.54) is 86.1 Å². The first kappa shape index (κ1) is 54.7. The van der Waals surface area contributed by atoms with Gasteiger partial charge in [0.1, 0.15) is 0 Å². The summed E-state index contributed by atoms with van der Waals surface area (Å²) in [5.74, 6) is 0. The minimum atomic E-state index is 0. The number of ether oxygens (including phenoxy) is 1. The average Bonchev–Trinajstić information content (AvgIpc) is 3.85. The van der Waals surface area contributed by atoms with Crippen molar-refractivity contribution in [3.8, 4) is 0 Å². The Morgan fingerprint density at radius 1 is 0.593 bits per heavy atom. The highest BCUT2D eigenvalue weighted by atomic mass is 16.5. The molecule has 3 radical (unpaired) electrons. The number of hydrogen-bond acceptors (Lipinski definition) is 8. The number of nitrogens with zero attached hydrogens (tertiary/aromatic N) is 6. The SMILES string of the molecule is C.CN(C)c1ccccc1.CN1CCCC1.CN1CCCCC1.CN1CCOCC1.CNc1cccc2ccccc12.CNc1ccccc1.Cc1cc(C)n(C)n1.[2HH].[B]. The molecule has 1 aromatic heterocycles. The molecule has 0 atom stereocenters. The summed E-state index contributed by atoms with van der Waals surface area (Å²) in [6, 6.07) is 37.0. The number of benzene rings is 4. The predicted molar refractivity (Wildman–Crippen MR) is 264 cm³/mol. The minimum absolute atomic E-state index is 0. The fraction of sp³-hybridized carbons (Fsp3) is 0.490. The molecule has 0 saturated carbocycles. The van der Waals surface area contributed by atoms with E-state index in [1.54, 1.807) is 0 Å². The molecule has 0 spiro atoms. The maximum absolute atomic E-state index is 5.10. The Kier molecular flexibility index (Phi) is 31.0. The number of likely N-dealkylation sites (N-methyl/N-ethyl adjacent to an activating group) is 1. The van der Waals surface area contributed by atoms with Gasteiger partial charge in [-0.05, 0) is 129 Å². The van der Waals surface area contributed by atoms with Crippen molar-refractivity contribution < 1.29 is 6.16 Å². The van der Waals surface area contributed by atoms with Gasteiger partial charge < -0.3 is 35.0 Å². The molecular weight excluding hydrogens is 727 g/mol. The molecule has 0 unspecified atom stereocenters. The van der Waals surface area contributed by atoms with Crippen LogP contribution in [-0.2, 0) is 11.8 Å². The number of para-hydroxylation sites is 2. The number of nitrogens with one attached hydrogen (secondary N) is 2. The molecule has 59 heavy (non-hydrogen) atoms. The number of rotatable bonds is 3. The van der Waals surface area contributed by atoms with E-state index in [9.17, 15) is 0 Å². The highest BCUT2D eigenvalue weighted by Crippen LogP contribution is 2.22. The molecule has 8 rings (SSSR count). The van der Waals surface area contributed by atoms with Gasteiger partial charge in [-0.2, -0.15) is 5.10 Å². The van der Waals surface area contributed by atoms with Crippen LogP contribution in [0.4, 0.5) is 17.1 Å². The maximum atomic E-state index is 5.10. The van der Waals surface area contributed by atoms with Crippen molar-refractivity contribution >= 4 is 36.2 Å². The third-order valence-electron chi connectivity index (χ3n) is 9.77. The second-order valence-corrected chi connectivity index (χ2v) is 15.0. The number of aromatic nitrogens is 2. The maximum Gasteiger partial charge on any atom is 0.0596 e. The van der Waals surface area contributed by atoms with E-state index < -0.39 is 0 Å². The van der Waals surface area contributed by atoms with Gasteiger partial charge in [-0.25, -0.2) is 0 Å². The zero-order valence-electron chi connectivity index (χ0n) is 37.8. The van der Waals surface area contributed by atoms with E-state index in [-0.39, 0.29) is 17.3 Å². The molecule has 4 aromatic carbocycles. The van der Waals surface area contributed by atoms with Crippen LogP contribution in [0.25, 0.3) is 10.8 Å². The summed E-state index contributed by atoms with van der Waals surface area (Å²) in [7, 11) is 16.4. The molecule has 0 bridgehead atoms. The van der Waals surface area contributed by atoms with Crippen LogP contribution < -0.4 is 15.5 Å². The van der Waals surface area contributed by atoms with Gasteiger partial charge in [-0.3, -0.25) is 4.68 Å². The minimum Gasteiger partial charge on any atom is -0.388 e. The van der Waals surface area contributed by atoms with E-state index in [4.69, 9.17) is 4.74 Å². The lowest BCUT2D eigenvalue weighted by molar-refractivity contribution is 0.0503.